The fraction of sp³-hybridized carbons (Fsp3) is 0.100. The number of rotatable bonds is 2. The zero-order valence-corrected chi connectivity index (χ0v) is 12.7. The standard InChI is InChI=1S/C10H6BrCl2N3OS/c11-7-2-6(12)1-5(9(7)13)3-14-16-10-15-8(17)4-18-10/h1-3H,4H2,(H,15,16,17). The summed E-state index contributed by atoms with van der Waals surface area (Å²) in [6.45, 7) is 0. The maximum absolute atomic E-state index is 10.9. The van der Waals surface area contributed by atoms with Crippen LogP contribution in [0.5, 0.6) is 0 Å². The summed E-state index contributed by atoms with van der Waals surface area (Å²) in [6.07, 6.45) is 1.48. The first-order valence-electron chi connectivity index (χ1n) is 4.74. The van der Waals surface area contributed by atoms with Gasteiger partial charge >= 0.3 is 0 Å². The zero-order chi connectivity index (χ0) is 13.1. The fourth-order valence-corrected chi connectivity index (χ4v) is 2.82. The summed E-state index contributed by atoms with van der Waals surface area (Å²) < 4.78 is 0.689. The molecule has 1 heterocycles. The molecule has 1 N–H and O–H groups in total. The lowest BCUT2D eigenvalue weighted by Crippen LogP contribution is -2.19. The number of halogens is 3. The van der Waals surface area contributed by atoms with Crippen LogP contribution in [0.4, 0.5) is 0 Å². The Morgan fingerprint density at radius 3 is 2.89 bits per heavy atom. The summed E-state index contributed by atoms with van der Waals surface area (Å²) in [6, 6.07) is 3.37. The Hall–Kier alpha value is -0.560. The average molecular weight is 367 g/mol. The SMILES string of the molecule is O=C1CSC(=NN=Cc2cc(Cl)cc(Br)c2Cl)N1. The molecule has 0 bridgehead atoms. The molecule has 0 saturated carbocycles. The van der Waals surface area contributed by atoms with E-state index < -0.39 is 0 Å². The molecule has 2 rings (SSSR count). The van der Waals surface area contributed by atoms with Gasteiger partial charge in [-0.3, -0.25) is 4.79 Å². The van der Waals surface area contributed by atoms with E-state index in [1.165, 1.54) is 18.0 Å². The van der Waals surface area contributed by atoms with Gasteiger partial charge in [0.2, 0.25) is 5.91 Å². The first-order valence-corrected chi connectivity index (χ1v) is 7.28. The molecule has 1 aliphatic rings. The topological polar surface area (TPSA) is 53.8 Å². The van der Waals surface area contributed by atoms with Crippen molar-refractivity contribution in [2.45, 2.75) is 0 Å². The molecule has 8 heteroatoms. The Labute approximate surface area is 126 Å². The van der Waals surface area contributed by atoms with Gasteiger partial charge in [-0.25, -0.2) is 0 Å². The third-order valence-electron chi connectivity index (χ3n) is 1.95. The lowest BCUT2D eigenvalue weighted by Gasteiger charge is -2.01. The van der Waals surface area contributed by atoms with Crippen LogP contribution in [0.15, 0.2) is 26.8 Å². The first kappa shape index (κ1) is 13.9. The maximum Gasteiger partial charge on any atom is 0.236 e. The Bertz CT molecular complexity index is 562. The average Bonchev–Trinajstić information content (AvgIpc) is 2.71. The summed E-state index contributed by atoms with van der Waals surface area (Å²) in [5.41, 5.74) is 0.648. The quantitative estimate of drug-likeness (QED) is 0.496. The number of nitrogens with zero attached hydrogens (tertiary/aromatic N) is 2. The Kier molecular flexibility index (Phi) is 4.66. The van der Waals surface area contributed by atoms with Crippen LogP contribution in [-0.4, -0.2) is 23.0 Å². The smallest absolute Gasteiger partial charge is 0.236 e. The molecule has 1 aliphatic heterocycles. The van der Waals surface area contributed by atoms with Crippen molar-refractivity contribution < 1.29 is 4.79 Å². The van der Waals surface area contributed by atoms with E-state index in [2.05, 4.69) is 31.4 Å². The maximum atomic E-state index is 10.9. The second kappa shape index (κ2) is 6.06. The molecular weight excluding hydrogens is 361 g/mol. The van der Waals surface area contributed by atoms with Crippen LogP contribution in [0.2, 0.25) is 10.0 Å². The number of hydrogen-bond donors (Lipinski definition) is 1. The van der Waals surface area contributed by atoms with Gasteiger partial charge in [0.15, 0.2) is 5.17 Å². The predicted molar refractivity (Wildman–Crippen MR) is 79.8 cm³/mol. The van der Waals surface area contributed by atoms with Gasteiger partial charge in [0.05, 0.1) is 17.0 Å². The van der Waals surface area contributed by atoms with Gasteiger partial charge in [0.1, 0.15) is 0 Å². The van der Waals surface area contributed by atoms with Crippen molar-refractivity contribution in [2.75, 3.05) is 5.75 Å². The van der Waals surface area contributed by atoms with Gasteiger partial charge in [-0.05, 0) is 28.1 Å². The molecule has 18 heavy (non-hydrogen) atoms. The van der Waals surface area contributed by atoms with Crippen LogP contribution in [0.3, 0.4) is 0 Å². The highest BCUT2D eigenvalue weighted by atomic mass is 79.9. The van der Waals surface area contributed by atoms with Crippen molar-refractivity contribution in [3.63, 3.8) is 0 Å². The molecule has 0 atom stereocenters. The van der Waals surface area contributed by atoms with Gasteiger partial charge in [-0.15, -0.1) is 5.10 Å². The molecule has 1 saturated heterocycles. The van der Waals surface area contributed by atoms with Crippen molar-refractivity contribution >= 4 is 68.2 Å². The molecule has 0 aromatic heterocycles. The molecule has 1 amide bonds. The normalized spacial score (nSPS) is 17.7. The number of benzene rings is 1. The van der Waals surface area contributed by atoms with Gasteiger partial charge in [0.25, 0.3) is 0 Å². The number of hydrogen-bond acceptors (Lipinski definition) is 4. The minimum atomic E-state index is -0.0718. The summed E-state index contributed by atoms with van der Waals surface area (Å²) in [7, 11) is 0. The molecule has 0 unspecified atom stereocenters. The minimum Gasteiger partial charge on any atom is -0.303 e. The van der Waals surface area contributed by atoms with Gasteiger partial charge in [-0.2, -0.15) is 5.10 Å². The molecule has 1 aromatic carbocycles. The highest BCUT2D eigenvalue weighted by molar-refractivity contribution is 9.10. The van der Waals surface area contributed by atoms with Crippen molar-refractivity contribution in [2.24, 2.45) is 10.2 Å². The van der Waals surface area contributed by atoms with Crippen LogP contribution in [0, 0.1) is 0 Å². The van der Waals surface area contributed by atoms with E-state index in [0.29, 0.717) is 31.0 Å². The minimum absolute atomic E-state index is 0.0718. The van der Waals surface area contributed by atoms with Gasteiger partial charge in [-0.1, -0.05) is 35.0 Å². The van der Waals surface area contributed by atoms with E-state index >= 15 is 0 Å². The van der Waals surface area contributed by atoms with Crippen molar-refractivity contribution in [3.8, 4) is 0 Å². The number of thioether (sulfide) groups is 1. The van der Waals surface area contributed by atoms with E-state index in [1.54, 1.807) is 12.1 Å². The van der Waals surface area contributed by atoms with Crippen molar-refractivity contribution in [1.29, 1.82) is 0 Å². The first-order chi connectivity index (χ1) is 8.56. The third-order valence-corrected chi connectivity index (χ3v) is 4.31. The highest BCUT2D eigenvalue weighted by Gasteiger charge is 2.15. The molecule has 0 radical (unpaired) electrons. The van der Waals surface area contributed by atoms with E-state index in [0.717, 1.165) is 0 Å². The van der Waals surface area contributed by atoms with E-state index in [4.69, 9.17) is 23.2 Å². The monoisotopic (exact) mass is 365 g/mol. The highest BCUT2D eigenvalue weighted by Crippen LogP contribution is 2.29. The summed E-state index contributed by atoms with van der Waals surface area (Å²) in [4.78, 5) is 10.9. The Morgan fingerprint density at radius 1 is 1.44 bits per heavy atom. The second-order valence-corrected chi connectivity index (χ2v) is 5.91. The molecule has 0 aliphatic carbocycles. The summed E-state index contributed by atoms with van der Waals surface area (Å²) >= 11 is 16.6. The molecule has 94 valence electrons. The van der Waals surface area contributed by atoms with Crippen LogP contribution in [-0.2, 0) is 4.79 Å². The van der Waals surface area contributed by atoms with Crippen LogP contribution in [0.25, 0.3) is 0 Å². The predicted octanol–water partition coefficient (Wildman–Crippen LogP) is 3.31. The fourth-order valence-electron chi connectivity index (χ4n) is 1.19. The van der Waals surface area contributed by atoms with Crippen LogP contribution < -0.4 is 5.32 Å². The van der Waals surface area contributed by atoms with Crippen LogP contribution in [0.1, 0.15) is 5.56 Å². The zero-order valence-electron chi connectivity index (χ0n) is 8.78. The third kappa shape index (κ3) is 3.47. The number of amides is 1. The summed E-state index contributed by atoms with van der Waals surface area (Å²) in [5, 5.41) is 11.8. The molecule has 4 nitrogen and oxygen atoms in total. The van der Waals surface area contributed by atoms with E-state index in [1.807, 2.05) is 0 Å². The molecule has 1 fully saturated rings. The van der Waals surface area contributed by atoms with Crippen molar-refractivity contribution in [3.05, 3.63) is 32.2 Å². The van der Waals surface area contributed by atoms with Crippen LogP contribution >= 0.6 is 50.9 Å². The lowest BCUT2D eigenvalue weighted by molar-refractivity contribution is -0.116. The van der Waals surface area contributed by atoms with Crippen molar-refractivity contribution in [1.82, 2.24) is 5.32 Å². The number of carbonyl (C=O) groups is 1. The van der Waals surface area contributed by atoms with E-state index in [-0.39, 0.29) is 5.91 Å². The van der Waals surface area contributed by atoms with E-state index in [9.17, 15) is 4.79 Å². The van der Waals surface area contributed by atoms with Gasteiger partial charge < -0.3 is 5.32 Å². The summed E-state index contributed by atoms with van der Waals surface area (Å²) in [5.74, 6) is 0.301. The second-order valence-electron chi connectivity index (χ2n) is 3.28. The lowest BCUT2D eigenvalue weighted by atomic mass is 10.2. The number of nitrogens with one attached hydrogen (secondary N) is 1. The number of carbonyl (C=O) groups excluding carboxylic acids is 1. The molecule has 1 aromatic rings. The Morgan fingerprint density at radius 2 is 2.22 bits per heavy atom. The largest absolute Gasteiger partial charge is 0.303 e. The van der Waals surface area contributed by atoms with Gasteiger partial charge in [0, 0.05) is 15.1 Å². The molecule has 0 spiro atoms. The number of amidine groups is 1. The Balaban J connectivity index is 2.17. The molecular formula is C10H6BrCl2N3OS.